The number of fused-ring (bicyclic) bond motifs is 1. The maximum Gasteiger partial charge on any atom is 0.223 e. The number of ether oxygens (including phenoxy) is 1. The van der Waals surface area contributed by atoms with Crippen molar-refractivity contribution < 1.29 is 13.9 Å². The second kappa shape index (κ2) is 6.20. The van der Waals surface area contributed by atoms with E-state index in [4.69, 9.17) is 9.15 Å². The number of furan rings is 1. The van der Waals surface area contributed by atoms with E-state index in [-0.39, 0.29) is 17.9 Å². The first-order valence-electron chi connectivity index (χ1n) is 7.78. The fraction of sp³-hybridized carbons (Fsp3) is 0.688. The van der Waals surface area contributed by atoms with E-state index in [0.29, 0.717) is 12.5 Å². The first kappa shape index (κ1) is 14.6. The van der Waals surface area contributed by atoms with Crippen LogP contribution in [0.4, 0.5) is 0 Å². The van der Waals surface area contributed by atoms with E-state index in [0.717, 1.165) is 44.0 Å². The summed E-state index contributed by atoms with van der Waals surface area (Å²) in [6.45, 7) is 5.39. The van der Waals surface area contributed by atoms with Gasteiger partial charge in [0, 0.05) is 38.6 Å². The van der Waals surface area contributed by atoms with Crippen molar-refractivity contribution in [2.24, 2.45) is 11.8 Å². The zero-order valence-electron chi connectivity index (χ0n) is 12.8. The van der Waals surface area contributed by atoms with Gasteiger partial charge in [0.2, 0.25) is 5.91 Å². The molecule has 2 saturated heterocycles. The number of carbonyl (C=O) groups is 1. The first-order chi connectivity index (χ1) is 10.2. The van der Waals surface area contributed by atoms with Gasteiger partial charge in [-0.05, 0) is 31.9 Å². The normalized spacial score (nSPS) is 29.9. The Labute approximate surface area is 125 Å². The van der Waals surface area contributed by atoms with Crippen molar-refractivity contribution in [2.75, 3.05) is 26.7 Å². The van der Waals surface area contributed by atoms with Crippen molar-refractivity contribution in [1.29, 1.82) is 0 Å². The van der Waals surface area contributed by atoms with Gasteiger partial charge in [0.1, 0.15) is 11.5 Å². The van der Waals surface area contributed by atoms with E-state index in [9.17, 15) is 4.79 Å². The number of amides is 1. The highest BCUT2D eigenvalue weighted by molar-refractivity contribution is 5.78. The summed E-state index contributed by atoms with van der Waals surface area (Å²) >= 11 is 0. The summed E-state index contributed by atoms with van der Waals surface area (Å²) in [6.07, 6.45) is 2.06. The Hall–Kier alpha value is -1.33. The summed E-state index contributed by atoms with van der Waals surface area (Å²) in [5.41, 5.74) is 0. The number of carbonyl (C=O) groups excluding carboxylic acids is 1. The van der Waals surface area contributed by atoms with E-state index < -0.39 is 0 Å². The maximum absolute atomic E-state index is 12.1. The van der Waals surface area contributed by atoms with Crippen LogP contribution < -0.4 is 5.32 Å². The van der Waals surface area contributed by atoms with E-state index in [2.05, 4.69) is 10.2 Å². The molecular weight excluding hydrogens is 268 g/mol. The van der Waals surface area contributed by atoms with Gasteiger partial charge in [0.05, 0.1) is 12.6 Å². The third kappa shape index (κ3) is 3.14. The number of aryl methyl sites for hydroxylation is 1. The molecule has 116 valence electrons. The Morgan fingerprint density at radius 3 is 3.00 bits per heavy atom. The molecule has 21 heavy (non-hydrogen) atoms. The third-order valence-electron chi connectivity index (χ3n) is 4.71. The van der Waals surface area contributed by atoms with Crippen molar-refractivity contribution in [1.82, 2.24) is 10.2 Å². The summed E-state index contributed by atoms with van der Waals surface area (Å²) in [5.74, 6) is 2.48. The van der Waals surface area contributed by atoms with Crippen LogP contribution in [0.5, 0.6) is 0 Å². The fourth-order valence-electron chi connectivity index (χ4n) is 3.63. The van der Waals surface area contributed by atoms with Gasteiger partial charge in [-0.15, -0.1) is 0 Å². The molecule has 0 unspecified atom stereocenters. The zero-order valence-corrected chi connectivity index (χ0v) is 12.8. The van der Waals surface area contributed by atoms with E-state index in [1.165, 1.54) is 0 Å². The minimum Gasteiger partial charge on any atom is -0.465 e. The molecule has 2 aliphatic heterocycles. The van der Waals surface area contributed by atoms with Crippen LogP contribution in [0, 0.1) is 18.8 Å². The molecule has 1 amide bonds. The number of nitrogens with one attached hydrogen (secondary N) is 1. The summed E-state index contributed by atoms with van der Waals surface area (Å²) in [7, 11) is 1.72. The number of hydrogen-bond donors (Lipinski definition) is 1. The van der Waals surface area contributed by atoms with Crippen LogP contribution in [0.25, 0.3) is 0 Å². The van der Waals surface area contributed by atoms with Crippen LogP contribution in [-0.2, 0) is 16.1 Å². The Morgan fingerprint density at radius 2 is 2.29 bits per heavy atom. The van der Waals surface area contributed by atoms with Crippen LogP contribution in [0.3, 0.4) is 0 Å². The number of nitrogens with zero attached hydrogens (tertiary/aromatic N) is 1. The molecule has 1 aromatic rings. The average molecular weight is 292 g/mol. The molecule has 3 atom stereocenters. The van der Waals surface area contributed by atoms with Gasteiger partial charge in [-0.2, -0.15) is 0 Å². The lowest BCUT2D eigenvalue weighted by Crippen LogP contribution is -2.52. The summed E-state index contributed by atoms with van der Waals surface area (Å²) in [5, 5.41) is 2.80. The lowest BCUT2D eigenvalue weighted by Gasteiger charge is -2.44. The van der Waals surface area contributed by atoms with Gasteiger partial charge in [0.25, 0.3) is 0 Å². The summed E-state index contributed by atoms with van der Waals surface area (Å²) < 4.78 is 11.5. The summed E-state index contributed by atoms with van der Waals surface area (Å²) in [4.78, 5) is 14.5. The van der Waals surface area contributed by atoms with Gasteiger partial charge in [-0.1, -0.05) is 0 Å². The minimum absolute atomic E-state index is 0.0786. The molecule has 0 saturated carbocycles. The van der Waals surface area contributed by atoms with Gasteiger partial charge in [0.15, 0.2) is 0 Å². The predicted octanol–water partition coefficient (Wildman–Crippen LogP) is 1.56. The molecule has 5 heteroatoms. The molecule has 0 aromatic carbocycles. The van der Waals surface area contributed by atoms with Gasteiger partial charge in [-0.3, -0.25) is 9.69 Å². The van der Waals surface area contributed by atoms with Crippen molar-refractivity contribution in [3.8, 4) is 0 Å². The molecule has 1 aromatic heterocycles. The highest BCUT2D eigenvalue weighted by Gasteiger charge is 2.41. The quantitative estimate of drug-likeness (QED) is 0.918. The first-order valence-corrected chi connectivity index (χ1v) is 7.78. The van der Waals surface area contributed by atoms with E-state index in [1.54, 1.807) is 7.05 Å². The molecule has 3 heterocycles. The van der Waals surface area contributed by atoms with Crippen LogP contribution in [0.15, 0.2) is 16.5 Å². The topological polar surface area (TPSA) is 54.7 Å². The van der Waals surface area contributed by atoms with Crippen molar-refractivity contribution in [2.45, 2.75) is 32.4 Å². The number of rotatable bonds is 3. The second-order valence-corrected chi connectivity index (χ2v) is 6.12. The highest BCUT2D eigenvalue weighted by atomic mass is 16.5. The van der Waals surface area contributed by atoms with Crippen molar-refractivity contribution >= 4 is 5.91 Å². The molecule has 0 bridgehead atoms. The molecule has 2 aliphatic rings. The molecule has 0 aliphatic carbocycles. The lowest BCUT2D eigenvalue weighted by molar-refractivity contribution is -0.141. The minimum atomic E-state index is 0.0786. The van der Waals surface area contributed by atoms with Gasteiger partial charge >= 0.3 is 0 Å². The van der Waals surface area contributed by atoms with Crippen molar-refractivity contribution in [3.63, 3.8) is 0 Å². The smallest absolute Gasteiger partial charge is 0.223 e. The van der Waals surface area contributed by atoms with Crippen molar-refractivity contribution in [3.05, 3.63) is 23.7 Å². The Morgan fingerprint density at radius 1 is 1.43 bits per heavy atom. The van der Waals surface area contributed by atoms with Crippen LogP contribution in [0.2, 0.25) is 0 Å². The third-order valence-corrected chi connectivity index (χ3v) is 4.71. The Balaban J connectivity index is 1.66. The van der Waals surface area contributed by atoms with E-state index >= 15 is 0 Å². The van der Waals surface area contributed by atoms with Crippen LogP contribution >= 0.6 is 0 Å². The van der Waals surface area contributed by atoms with Crippen LogP contribution in [0.1, 0.15) is 24.4 Å². The Kier molecular flexibility index (Phi) is 4.31. The van der Waals surface area contributed by atoms with Gasteiger partial charge in [-0.25, -0.2) is 0 Å². The second-order valence-electron chi connectivity index (χ2n) is 6.12. The number of likely N-dealkylation sites (tertiary alicyclic amines) is 1. The van der Waals surface area contributed by atoms with Gasteiger partial charge < -0.3 is 14.5 Å². The molecule has 5 nitrogen and oxygen atoms in total. The average Bonchev–Trinajstić information content (AvgIpc) is 2.91. The number of hydrogen-bond acceptors (Lipinski definition) is 4. The Bertz CT molecular complexity index is 499. The van der Waals surface area contributed by atoms with E-state index in [1.807, 2.05) is 19.1 Å². The fourth-order valence-corrected chi connectivity index (χ4v) is 3.63. The zero-order chi connectivity index (χ0) is 14.8. The molecule has 3 rings (SSSR count). The highest BCUT2D eigenvalue weighted by Crippen LogP contribution is 2.33. The van der Waals surface area contributed by atoms with Crippen LogP contribution in [-0.4, -0.2) is 43.7 Å². The monoisotopic (exact) mass is 292 g/mol. The lowest BCUT2D eigenvalue weighted by atomic mass is 9.79. The molecule has 0 spiro atoms. The number of piperidine rings is 1. The largest absolute Gasteiger partial charge is 0.465 e. The predicted molar refractivity (Wildman–Crippen MR) is 78.7 cm³/mol. The standard InChI is InChI=1S/C16H24N2O3/c1-11-3-4-12(21-11)9-18-7-5-15-14(10-18)13(6-8-20-15)16(19)17-2/h3-4,13-15H,5-10H2,1-2H3,(H,17,19)/t13-,14+,15-/m0/s1. The molecule has 2 fully saturated rings. The molecular formula is C16H24N2O3. The molecule has 0 radical (unpaired) electrons. The maximum atomic E-state index is 12.1. The molecule has 1 N–H and O–H groups in total. The summed E-state index contributed by atoms with van der Waals surface area (Å²) in [6, 6.07) is 4.04. The SMILES string of the molecule is CNC(=O)[C@H]1CCO[C@H]2CCN(Cc3ccc(C)o3)C[C@@H]21.